The first-order valence-electron chi connectivity index (χ1n) is 8.46. The molecule has 150 valence electrons. The van der Waals surface area contributed by atoms with Gasteiger partial charge >= 0.3 is 6.09 Å². The van der Waals surface area contributed by atoms with Gasteiger partial charge in [0.1, 0.15) is 10.6 Å². The molecule has 0 bridgehead atoms. The number of hydrogen-bond donors (Lipinski definition) is 3. The number of aliphatic imine (C=N–C) groups is 1. The number of guanidine groups is 1. The van der Waals surface area contributed by atoms with Crippen LogP contribution in [0.1, 0.15) is 44.5 Å². The number of aromatic nitrogens is 1. The lowest BCUT2D eigenvalue weighted by molar-refractivity contribution is 0.0491. The van der Waals surface area contributed by atoms with Crippen molar-refractivity contribution in [3.63, 3.8) is 0 Å². The molecule has 0 spiro atoms. The predicted molar refractivity (Wildman–Crippen MR) is 118 cm³/mol. The molecule has 0 saturated heterocycles. The number of rotatable bonds is 6. The summed E-state index contributed by atoms with van der Waals surface area (Å²) in [5, 5.41) is 10.4. The van der Waals surface area contributed by atoms with Crippen LogP contribution in [0, 0.1) is 12.8 Å². The third kappa shape index (κ3) is 10.1. The Labute approximate surface area is 177 Å². The third-order valence-electron chi connectivity index (χ3n) is 3.30. The third-order valence-corrected chi connectivity index (χ3v) is 4.21. The van der Waals surface area contributed by atoms with Crippen LogP contribution in [0.3, 0.4) is 0 Å². The molecule has 26 heavy (non-hydrogen) atoms. The molecule has 1 aromatic rings. The number of ether oxygens (including phenoxy) is 1. The van der Waals surface area contributed by atoms with Crippen molar-refractivity contribution in [1.82, 2.24) is 20.9 Å². The van der Waals surface area contributed by atoms with Gasteiger partial charge in [0, 0.05) is 24.7 Å². The summed E-state index contributed by atoms with van der Waals surface area (Å²) in [4.78, 5) is 21.7. The van der Waals surface area contributed by atoms with Gasteiger partial charge in [-0.25, -0.2) is 9.78 Å². The van der Waals surface area contributed by atoms with Gasteiger partial charge in [-0.3, -0.25) is 4.99 Å². The minimum Gasteiger partial charge on any atom is -0.444 e. The molecule has 0 aliphatic heterocycles. The molecule has 0 radical (unpaired) electrons. The quantitative estimate of drug-likeness (QED) is 0.319. The van der Waals surface area contributed by atoms with E-state index in [1.807, 2.05) is 33.9 Å². The number of nitrogens with one attached hydrogen (secondary N) is 3. The summed E-state index contributed by atoms with van der Waals surface area (Å²) >= 11 is 1.65. The minimum atomic E-state index is -0.511. The van der Waals surface area contributed by atoms with Crippen molar-refractivity contribution in [2.75, 3.05) is 13.6 Å². The van der Waals surface area contributed by atoms with Crippen LogP contribution in [-0.4, -0.2) is 42.3 Å². The second-order valence-electron chi connectivity index (χ2n) is 7.17. The SMILES string of the molecule is CN=C(NCc1ncc(C)s1)NCC(NC(=O)OC(C)(C)C)C(C)C.I. The molecule has 1 rings (SSSR count). The van der Waals surface area contributed by atoms with E-state index in [1.165, 1.54) is 4.88 Å². The van der Waals surface area contributed by atoms with Gasteiger partial charge in [-0.15, -0.1) is 35.3 Å². The summed E-state index contributed by atoms with van der Waals surface area (Å²) < 4.78 is 5.33. The number of halogens is 1. The zero-order valence-electron chi connectivity index (χ0n) is 16.7. The van der Waals surface area contributed by atoms with Crippen LogP contribution >= 0.6 is 35.3 Å². The molecular formula is C17H32IN5O2S. The number of nitrogens with zero attached hydrogens (tertiary/aromatic N) is 2. The van der Waals surface area contributed by atoms with E-state index >= 15 is 0 Å². The van der Waals surface area contributed by atoms with Crippen molar-refractivity contribution < 1.29 is 9.53 Å². The molecule has 1 unspecified atom stereocenters. The van der Waals surface area contributed by atoms with E-state index in [1.54, 1.807) is 18.4 Å². The van der Waals surface area contributed by atoms with Crippen LogP contribution in [0.25, 0.3) is 0 Å². The average molecular weight is 497 g/mol. The largest absolute Gasteiger partial charge is 0.444 e. The molecule has 0 aliphatic carbocycles. The van der Waals surface area contributed by atoms with Gasteiger partial charge in [0.05, 0.1) is 12.6 Å². The van der Waals surface area contributed by atoms with Crippen LogP contribution in [0.5, 0.6) is 0 Å². The molecule has 0 fully saturated rings. The van der Waals surface area contributed by atoms with Crippen molar-refractivity contribution in [2.24, 2.45) is 10.9 Å². The molecular weight excluding hydrogens is 465 g/mol. The fraction of sp³-hybridized carbons (Fsp3) is 0.706. The maximum Gasteiger partial charge on any atom is 0.407 e. The highest BCUT2D eigenvalue weighted by Crippen LogP contribution is 2.10. The number of aryl methyl sites for hydroxylation is 1. The van der Waals surface area contributed by atoms with Crippen molar-refractivity contribution >= 4 is 47.4 Å². The Hall–Kier alpha value is -1.10. The molecule has 1 aromatic heterocycles. The van der Waals surface area contributed by atoms with E-state index in [0.29, 0.717) is 19.0 Å². The first-order chi connectivity index (χ1) is 11.6. The number of carbonyl (C=O) groups excluding carboxylic acids is 1. The van der Waals surface area contributed by atoms with Crippen LogP contribution in [0.4, 0.5) is 4.79 Å². The van der Waals surface area contributed by atoms with Crippen molar-refractivity contribution in [1.29, 1.82) is 0 Å². The van der Waals surface area contributed by atoms with Crippen LogP contribution in [0.15, 0.2) is 11.2 Å². The second-order valence-corrected chi connectivity index (χ2v) is 8.49. The summed E-state index contributed by atoms with van der Waals surface area (Å²) in [6, 6.07) is -0.0736. The first kappa shape index (κ1) is 24.9. The second kappa shape index (κ2) is 11.6. The summed E-state index contributed by atoms with van der Waals surface area (Å²) in [5.74, 6) is 0.921. The van der Waals surface area contributed by atoms with Crippen LogP contribution in [0.2, 0.25) is 0 Å². The van der Waals surface area contributed by atoms with Gasteiger partial charge in [-0.2, -0.15) is 0 Å². The van der Waals surface area contributed by atoms with Gasteiger partial charge in [0.25, 0.3) is 0 Å². The van der Waals surface area contributed by atoms with Crippen molar-refractivity contribution in [2.45, 2.75) is 59.7 Å². The Morgan fingerprint density at radius 1 is 1.35 bits per heavy atom. The average Bonchev–Trinajstić information content (AvgIpc) is 2.89. The van der Waals surface area contributed by atoms with Gasteiger partial charge in [-0.05, 0) is 33.6 Å². The molecule has 1 atom stereocenters. The Bertz CT molecular complexity index is 584. The summed E-state index contributed by atoms with van der Waals surface area (Å²) in [7, 11) is 1.72. The Kier molecular flexibility index (Phi) is 11.1. The van der Waals surface area contributed by atoms with Crippen LogP contribution in [-0.2, 0) is 11.3 Å². The van der Waals surface area contributed by atoms with E-state index in [9.17, 15) is 4.79 Å². The smallest absolute Gasteiger partial charge is 0.407 e. The number of thiazole rings is 1. The van der Waals surface area contributed by atoms with Gasteiger partial charge in [0.2, 0.25) is 0 Å². The number of hydrogen-bond acceptors (Lipinski definition) is 5. The first-order valence-corrected chi connectivity index (χ1v) is 9.27. The van der Waals surface area contributed by atoms with E-state index in [-0.39, 0.29) is 35.9 Å². The Balaban J connectivity index is 0.00000625. The van der Waals surface area contributed by atoms with Gasteiger partial charge in [0.15, 0.2) is 5.96 Å². The maximum absolute atomic E-state index is 12.0. The Morgan fingerprint density at radius 3 is 2.46 bits per heavy atom. The normalized spacial score (nSPS) is 13.0. The van der Waals surface area contributed by atoms with E-state index in [0.717, 1.165) is 5.01 Å². The maximum atomic E-state index is 12.0. The fourth-order valence-corrected chi connectivity index (χ4v) is 2.71. The predicted octanol–water partition coefficient (Wildman–Crippen LogP) is 3.28. The van der Waals surface area contributed by atoms with E-state index in [2.05, 4.69) is 39.8 Å². The van der Waals surface area contributed by atoms with Gasteiger partial charge < -0.3 is 20.7 Å². The molecule has 1 heterocycles. The number of carbonyl (C=O) groups is 1. The minimum absolute atomic E-state index is 0. The van der Waals surface area contributed by atoms with Gasteiger partial charge in [-0.1, -0.05) is 13.8 Å². The molecule has 3 N–H and O–H groups in total. The molecule has 7 nitrogen and oxygen atoms in total. The lowest BCUT2D eigenvalue weighted by atomic mass is 10.0. The standard InChI is InChI=1S/C17H31N5O2S.HI/c1-11(2)13(22-16(23)24-17(4,5)6)9-20-15(18-7)21-10-14-19-8-12(3)25-14;/h8,11,13H,9-10H2,1-7H3,(H,22,23)(H2,18,20,21);1H. The number of amides is 1. The van der Waals surface area contributed by atoms with Crippen molar-refractivity contribution in [3.8, 4) is 0 Å². The molecule has 0 aliphatic rings. The summed E-state index contributed by atoms with van der Waals surface area (Å²) in [6.07, 6.45) is 1.45. The lowest BCUT2D eigenvalue weighted by Gasteiger charge is -2.26. The monoisotopic (exact) mass is 497 g/mol. The summed E-state index contributed by atoms with van der Waals surface area (Å²) in [5.41, 5.74) is -0.511. The highest BCUT2D eigenvalue weighted by atomic mass is 127. The topological polar surface area (TPSA) is 87.6 Å². The zero-order chi connectivity index (χ0) is 19.0. The number of alkyl carbamates (subject to hydrolysis) is 1. The van der Waals surface area contributed by atoms with Crippen LogP contribution < -0.4 is 16.0 Å². The molecule has 1 amide bonds. The van der Waals surface area contributed by atoms with E-state index < -0.39 is 11.7 Å². The molecule has 9 heteroatoms. The Morgan fingerprint density at radius 2 is 2.00 bits per heavy atom. The van der Waals surface area contributed by atoms with E-state index in [4.69, 9.17) is 4.74 Å². The molecule has 0 aromatic carbocycles. The zero-order valence-corrected chi connectivity index (χ0v) is 19.8. The molecule has 0 saturated carbocycles. The highest BCUT2D eigenvalue weighted by molar-refractivity contribution is 14.0. The lowest BCUT2D eigenvalue weighted by Crippen LogP contribution is -2.50. The highest BCUT2D eigenvalue weighted by Gasteiger charge is 2.21. The fourth-order valence-electron chi connectivity index (χ4n) is 1.98. The summed E-state index contributed by atoms with van der Waals surface area (Å²) in [6.45, 7) is 12.8. The van der Waals surface area contributed by atoms with Crippen molar-refractivity contribution in [3.05, 3.63) is 16.1 Å².